The average Bonchev–Trinajstić information content (AvgIpc) is 3.36. The van der Waals surface area contributed by atoms with E-state index in [2.05, 4.69) is 31.3 Å². The van der Waals surface area contributed by atoms with Gasteiger partial charge in [0.15, 0.2) is 0 Å². The summed E-state index contributed by atoms with van der Waals surface area (Å²) >= 11 is 0. The van der Waals surface area contributed by atoms with E-state index in [-0.39, 0.29) is 18.5 Å². The van der Waals surface area contributed by atoms with Gasteiger partial charge in [0.1, 0.15) is 0 Å². The fraction of sp³-hybridized carbons (Fsp3) is 0.906. The molecule has 6 nitrogen and oxygen atoms in total. The highest BCUT2D eigenvalue weighted by Gasteiger charge is 2.18. The number of aliphatic hydroxyl groups is 2. The van der Waals surface area contributed by atoms with Crippen molar-refractivity contribution in [2.75, 3.05) is 13.2 Å². The predicted molar refractivity (Wildman–Crippen MR) is 306 cm³/mol. The van der Waals surface area contributed by atoms with E-state index in [1.165, 1.54) is 270 Å². The Kier molecular flexibility index (Phi) is 58.5. The Hall–Kier alpha value is -1.66. The summed E-state index contributed by atoms with van der Waals surface area (Å²) in [5.41, 5.74) is 0. The maximum atomic E-state index is 12.5. The molecule has 6 heteroatoms. The zero-order valence-electron chi connectivity index (χ0n) is 47.3. The lowest BCUT2D eigenvalue weighted by molar-refractivity contribution is -0.143. The van der Waals surface area contributed by atoms with E-state index in [1.54, 1.807) is 6.08 Å². The van der Waals surface area contributed by atoms with E-state index in [4.69, 9.17) is 4.74 Å². The Morgan fingerprint density at radius 2 is 0.671 bits per heavy atom. The van der Waals surface area contributed by atoms with Gasteiger partial charge in [0.05, 0.1) is 25.4 Å². The summed E-state index contributed by atoms with van der Waals surface area (Å²) in [6.45, 7) is 4.92. The van der Waals surface area contributed by atoms with Crippen molar-refractivity contribution in [2.45, 2.75) is 360 Å². The second kappa shape index (κ2) is 59.9. The number of nitrogens with one attached hydrogen (secondary N) is 1. The van der Waals surface area contributed by atoms with E-state index in [0.29, 0.717) is 19.4 Å². The number of carbonyl (C=O) groups is 2. The van der Waals surface area contributed by atoms with Crippen LogP contribution in [-0.4, -0.2) is 47.4 Å². The van der Waals surface area contributed by atoms with E-state index in [9.17, 15) is 19.8 Å². The maximum Gasteiger partial charge on any atom is 0.305 e. The summed E-state index contributed by atoms with van der Waals surface area (Å²) in [7, 11) is 0. The van der Waals surface area contributed by atoms with Gasteiger partial charge < -0.3 is 20.3 Å². The average molecular weight is 987 g/mol. The second-order valence-corrected chi connectivity index (χ2v) is 21.7. The van der Waals surface area contributed by atoms with Crippen LogP contribution in [-0.2, 0) is 14.3 Å². The lowest BCUT2D eigenvalue weighted by Gasteiger charge is -2.20. The van der Waals surface area contributed by atoms with Crippen LogP contribution in [0.25, 0.3) is 0 Å². The highest BCUT2D eigenvalue weighted by molar-refractivity contribution is 5.76. The second-order valence-electron chi connectivity index (χ2n) is 21.7. The molecule has 0 aromatic heterocycles. The summed E-state index contributed by atoms with van der Waals surface area (Å²) in [6, 6.07) is -0.635. The van der Waals surface area contributed by atoms with Gasteiger partial charge in [-0.3, -0.25) is 9.59 Å². The highest BCUT2D eigenvalue weighted by Crippen LogP contribution is 2.17. The van der Waals surface area contributed by atoms with Crippen LogP contribution in [0.1, 0.15) is 348 Å². The number of unbranched alkanes of at least 4 members (excludes halogenated alkanes) is 46. The Morgan fingerprint density at radius 3 is 1.01 bits per heavy atom. The zero-order chi connectivity index (χ0) is 50.7. The molecule has 0 aliphatic carbocycles. The largest absolute Gasteiger partial charge is 0.466 e. The fourth-order valence-electron chi connectivity index (χ4n) is 9.87. The van der Waals surface area contributed by atoms with Crippen molar-refractivity contribution in [3.05, 3.63) is 24.3 Å². The summed E-state index contributed by atoms with van der Waals surface area (Å²) in [6.07, 6.45) is 73.6. The molecule has 0 aliphatic rings. The summed E-state index contributed by atoms with van der Waals surface area (Å²) in [4.78, 5) is 24.5. The van der Waals surface area contributed by atoms with Crippen LogP contribution < -0.4 is 5.32 Å². The minimum absolute atomic E-state index is 0.00597. The van der Waals surface area contributed by atoms with Gasteiger partial charge in [0, 0.05) is 12.8 Å². The van der Waals surface area contributed by atoms with Crippen LogP contribution in [0.15, 0.2) is 24.3 Å². The molecule has 0 aromatic rings. The molecule has 0 aromatic carbocycles. The molecule has 2 unspecified atom stereocenters. The Balaban J connectivity index is 3.46. The molecule has 0 fully saturated rings. The van der Waals surface area contributed by atoms with Gasteiger partial charge in [-0.2, -0.15) is 0 Å². The summed E-state index contributed by atoms with van der Waals surface area (Å²) in [5, 5.41) is 23.2. The number of allylic oxidation sites excluding steroid dienone is 3. The van der Waals surface area contributed by atoms with Gasteiger partial charge in [-0.15, -0.1) is 0 Å². The Labute approximate surface area is 437 Å². The monoisotopic (exact) mass is 986 g/mol. The van der Waals surface area contributed by atoms with E-state index < -0.39 is 12.1 Å². The smallest absolute Gasteiger partial charge is 0.305 e. The number of aliphatic hydroxyl groups excluding tert-OH is 2. The normalized spacial score (nSPS) is 12.7. The molecule has 0 heterocycles. The van der Waals surface area contributed by atoms with Gasteiger partial charge in [-0.25, -0.2) is 0 Å². The molecular weight excluding hydrogens is 863 g/mol. The topological polar surface area (TPSA) is 95.9 Å². The first kappa shape index (κ1) is 68.3. The number of amides is 1. The molecule has 2 atom stereocenters. The quantitative estimate of drug-likeness (QED) is 0.0321. The van der Waals surface area contributed by atoms with E-state index >= 15 is 0 Å². The van der Waals surface area contributed by atoms with E-state index in [1.807, 2.05) is 6.08 Å². The van der Waals surface area contributed by atoms with Crippen LogP contribution in [0.3, 0.4) is 0 Å². The van der Waals surface area contributed by atoms with Crippen molar-refractivity contribution in [1.82, 2.24) is 5.32 Å². The zero-order valence-corrected chi connectivity index (χ0v) is 47.3. The number of rotatable bonds is 59. The number of esters is 1. The number of hydrogen-bond donors (Lipinski definition) is 3. The maximum absolute atomic E-state index is 12.5. The highest BCUT2D eigenvalue weighted by atomic mass is 16.5. The van der Waals surface area contributed by atoms with Crippen molar-refractivity contribution >= 4 is 11.9 Å². The first-order chi connectivity index (χ1) is 34.5. The molecule has 1 amide bonds. The predicted octanol–water partition coefficient (Wildman–Crippen LogP) is 19.8. The van der Waals surface area contributed by atoms with Crippen molar-refractivity contribution in [1.29, 1.82) is 0 Å². The van der Waals surface area contributed by atoms with Crippen molar-refractivity contribution in [3.8, 4) is 0 Å². The van der Waals surface area contributed by atoms with E-state index in [0.717, 1.165) is 51.4 Å². The fourth-order valence-corrected chi connectivity index (χ4v) is 9.87. The third-order valence-corrected chi connectivity index (χ3v) is 14.7. The summed E-state index contributed by atoms with van der Waals surface area (Å²) in [5.74, 6) is -0.0686. The minimum atomic E-state index is -0.851. The number of ether oxygens (including phenoxy) is 1. The third-order valence-electron chi connectivity index (χ3n) is 14.7. The van der Waals surface area contributed by atoms with Gasteiger partial charge in [-0.1, -0.05) is 301 Å². The van der Waals surface area contributed by atoms with Crippen LogP contribution in [0.4, 0.5) is 0 Å². The van der Waals surface area contributed by atoms with Crippen molar-refractivity contribution in [2.24, 2.45) is 0 Å². The van der Waals surface area contributed by atoms with Crippen LogP contribution >= 0.6 is 0 Å². The first-order valence-electron chi connectivity index (χ1n) is 31.6. The molecule has 0 aliphatic heterocycles. The Bertz CT molecular complexity index is 1090. The molecule has 0 rings (SSSR count). The number of carbonyl (C=O) groups excluding carboxylic acids is 2. The molecule has 3 N–H and O–H groups in total. The van der Waals surface area contributed by atoms with Crippen molar-refractivity contribution < 1.29 is 24.5 Å². The van der Waals surface area contributed by atoms with Crippen LogP contribution in [0.2, 0.25) is 0 Å². The van der Waals surface area contributed by atoms with Crippen LogP contribution in [0, 0.1) is 0 Å². The van der Waals surface area contributed by atoms with Crippen LogP contribution in [0.5, 0.6) is 0 Å². The van der Waals surface area contributed by atoms with Gasteiger partial charge in [-0.05, 0) is 57.8 Å². The Morgan fingerprint density at radius 1 is 0.386 bits per heavy atom. The molecule has 0 radical (unpaired) electrons. The standard InChI is InChI=1S/C64H123NO5/c1-3-5-7-9-11-13-15-17-19-20-21-23-26-29-32-36-40-44-48-52-56-62(67)61(60-66)65-63(68)57-53-49-45-41-37-33-30-27-24-22-25-28-31-35-39-43-47-51-55-59-70-64(69)58-54-50-46-42-38-34-18-16-14-12-10-8-6-4-2/h22,24,52,56,61-62,66-67H,3-21,23,25-51,53-55,57-60H2,1-2H3,(H,65,68)/b24-22-,56-52+. The lowest BCUT2D eigenvalue weighted by atomic mass is 10.0. The minimum Gasteiger partial charge on any atom is -0.466 e. The third kappa shape index (κ3) is 55.7. The number of hydrogen-bond acceptors (Lipinski definition) is 5. The summed E-state index contributed by atoms with van der Waals surface area (Å²) < 4.78 is 5.48. The van der Waals surface area contributed by atoms with Gasteiger partial charge in [0.25, 0.3) is 0 Å². The molecule has 0 saturated heterocycles. The molecular formula is C64H123NO5. The molecule has 70 heavy (non-hydrogen) atoms. The molecule has 0 spiro atoms. The van der Waals surface area contributed by atoms with Gasteiger partial charge in [0.2, 0.25) is 5.91 Å². The lowest BCUT2D eigenvalue weighted by Crippen LogP contribution is -2.45. The molecule has 0 saturated carbocycles. The molecule has 0 bridgehead atoms. The van der Waals surface area contributed by atoms with Crippen molar-refractivity contribution in [3.63, 3.8) is 0 Å². The SMILES string of the molecule is CCCCCCCCCCCCCCCCCCCC/C=C/C(O)C(CO)NC(=O)CCCCCCCCC/C=C\CCCCCCCCCCOC(=O)CCCCCCCCCCCCCCCC. The molecule has 414 valence electrons. The first-order valence-corrected chi connectivity index (χ1v) is 31.6. The van der Waals surface area contributed by atoms with Gasteiger partial charge >= 0.3 is 5.97 Å².